The molecule has 0 aliphatic heterocycles. The zero-order valence-corrected chi connectivity index (χ0v) is 14.6. The third-order valence-electron chi connectivity index (χ3n) is 3.88. The van der Waals surface area contributed by atoms with Crippen molar-refractivity contribution < 1.29 is 4.79 Å². The number of rotatable bonds is 4. The van der Waals surface area contributed by atoms with Crippen LogP contribution in [-0.4, -0.2) is 15.9 Å². The Morgan fingerprint density at radius 1 is 1.21 bits per heavy atom. The molecule has 124 valence electrons. The van der Waals surface area contributed by atoms with Crippen LogP contribution in [0.5, 0.6) is 0 Å². The van der Waals surface area contributed by atoms with Crippen molar-refractivity contribution >= 4 is 28.0 Å². The fourth-order valence-electron chi connectivity index (χ4n) is 2.51. The largest absolute Gasteiger partial charge is 0.344 e. The average molecular weight is 341 g/mol. The Kier molecular flexibility index (Phi) is 4.49. The summed E-state index contributed by atoms with van der Waals surface area (Å²) in [4.78, 5) is 31.7. The third kappa shape index (κ3) is 3.10. The number of pyridine rings is 1. The van der Waals surface area contributed by atoms with Gasteiger partial charge in [-0.1, -0.05) is 32.0 Å². The average Bonchev–Trinajstić information content (AvgIpc) is 3.06. The highest BCUT2D eigenvalue weighted by Crippen LogP contribution is 2.23. The van der Waals surface area contributed by atoms with Gasteiger partial charge in [0.2, 0.25) is 0 Å². The second-order valence-corrected chi connectivity index (χ2v) is 6.93. The molecule has 2 N–H and O–H groups in total. The van der Waals surface area contributed by atoms with Crippen molar-refractivity contribution in [3.63, 3.8) is 0 Å². The summed E-state index contributed by atoms with van der Waals surface area (Å²) in [6.45, 7) is 6.10. The lowest BCUT2D eigenvalue weighted by atomic mass is 10.1. The van der Waals surface area contributed by atoms with Crippen molar-refractivity contribution in [2.75, 3.05) is 0 Å². The molecule has 0 fully saturated rings. The summed E-state index contributed by atoms with van der Waals surface area (Å²) < 4.78 is 0. The van der Waals surface area contributed by atoms with Crippen molar-refractivity contribution in [2.45, 2.75) is 32.7 Å². The van der Waals surface area contributed by atoms with Gasteiger partial charge in [0.05, 0.1) is 22.3 Å². The molecule has 1 aromatic carbocycles. The van der Waals surface area contributed by atoms with Crippen LogP contribution in [-0.2, 0) is 0 Å². The Bertz CT molecular complexity index is 943. The van der Waals surface area contributed by atoms with Gasteiger partial charge in [0.25, 0.3) is 11.5 Å². The van der Waals surface area contributed by atoms with Crippen molar-refractivity contribution in [3.05, 3.63) is 62.5 Å². The number of hydrogen-bond donors (Lipinski definition) is 2. The smallest absolute Gasteiger partial charge is 0.255 e. The predicted molar refractivity (Wildman–Crippen MR) is 96.7 cm³/mol. The van der Waals surface area contributed by atoms with Gasteiger partial charge in [-0.3, -0.25) is 9.59 Å². The molecule has 0 radical (unpaired) electrons. The van der Waals surface area contributed by atoms with E-state index in [-0.39, 0.29) is 17.5 Å². The van der Waals surface area contributed by atoms with Crippen molar-refractivity contribution in [3.8, 4) is 0 Å². The van der Waals surface area contributed by atoms with E-state index in [9.17, 15) is 9.59 Å². The van der Waals surface area contributed by atoms with E-state index in [4.69, 9.17) is 0 Å². The van der Waals surface area contributed by atoms with Gasteiger partial charge >= 0.3 is 0 Å². The van der Waals surface area contributed by atoms with Crippen LogP contribution in [0.1, 0.15) is 53.8 Å². The zero-order chi connectivity index (χ0) is 17.3. The molecule has 0 bridgehead atoms. The van der Waals surface area contributed by atoms with Crippen LogP contribution in [0.25, 0.3) is 10.8 Å². The first-order chi connectivity index (χ1) is 11.5. The second-order valence-electron chi connectivity index (χ2n) is 6.04. The summed E-state index contributed by atoms with van der Waals surface area (Å²) >= 11 is 1.60. The van der Waals surface area contributed by atoms with Crippen molar-refractivity contribution in [1.82, 2.24) is 15.3 Å². The van der Waals surface area contributed by atoms with Crippen LogP contribution in [0, 0.1) is 0 Å². The first-order valence-electron chi connectivity index (χ1n) is 7.84. The number of thiazole rings is 1. The number of carbonyl (C=O) groups is 1. The molecule has 0 aliphatic carbocycles. The normalized spacial score (nSPS) is 12.5. The number of fused-ring (bicyclic) bond motifs is 1. The predicted octanol–water partition coefficient (Wildman–Crippen LogP) is 3.60. The van der Waals surface area contributed by atoms with Crippen LogP contribution in [0.4, 0.5) is 0 Å². The van der Waals surface area contributed by atoms with Crippen LogP contribution in [0.2, 0.25) is 0 Å². The number of nitrogens with zero attached hydrogens (tertiary/aromatic N) is 1. The maximum absolute atomic E-state index is 12.6. The van der Waals surface area contributed by atoms with Crippen LogP contribution in [0.3, 0.4) is 0 Å². The lowest BCUT2D eigenvalue weighted by Gasteiger charge is -2.13. The molecule has 0 saturated carbocycles. The molecular formula is C18H19N3O2S. The fourth-order valence-corrected chi connectivity index (χ4v) is 3.44. The first-order valence-corrected chi connectivity index (χ1v) is 8.72. The molecule has 2 aromatic heterocycles. The lowest BCUT2D eigenvalue weighted by Crippen LogP contribution is -2.28. The highest BCUT2D eigenvalue weighted by Gasteiger charge is 2.17. The number of aromatic amines is 1. The zero-order valence-electron chi connectivity index (χ0n) is 13.8. The van der Waals surface area contributed by atoms with E-state index in [0.29, 0.717) is 22.3 Å². The van der Waals surface area contributed by atoms with Crippen LogP contribution >= 0.6 is 11.3 Å². The highest BCUT2D eigenvalue weighted by atomic mass is 32.1. The van der Waals surface area contributed by atoms with Gasteiger partial charge < -0.3 is 10.3 Å². The number of benzene rings is 1. The van der Waals surface area contributed by atoms with E-state index in [1.807, 2.05) is 18.4 Å². The van der Waals surface area contributed by atoms with Gasteiger partial charge in [-0.2, -0.15) is 0 Å². The van der Waals surface area contributed by atoms with E-state index in [0.717, 1.165) is 10.7 Å². The lowest BCUT2D eigenvalue weighted by molar-refractivity contribution is 0.0940. The summed E-state index contributed by atoms with van der Waals surface area (Å²) in [5.41, 5.74) is 1.11. The Labute approximate surface area is 143 Å². The SMILES string of the molecule is CC(C)c1nc([C@H](C)NC(=O)c2c[nH]c(=O)c3ccccc23)cs1. The maximum atomic E-state index is 12.6. The van der Waals surface area contributed by atoms with Crippen molar-refractivity contribution in [2.24, 2.45) is 0 Å². The summed E-state index contributed by atoms with van der Waals surface area (Å²) in [6.07, 6.45) is 1.47. The molecule has 0 spiro atoms. The van der Waals surface area contributed by atoms with Gasteiger partial charge in [-0.05, 0) is 13.0 Å². The monoisotopic (exact) mass is 341 g/mol. The first kappa shape index (κ1) is 16.4. The number of amides is 1. The molecule has 3 aromatic rings. The number of aromatic nitrogens is 2. The van der Waals surface area contributed by atoms with Gasteiger partial charge in [-0.15, -0.1) is 11.3 Å². The molecule has 2 heterocycles. The van der Waals surface area contributed by atoms with E-state index in [1.54, 1.807) is 29.5 Å². The minimum atomic E-state index is -0.228. The highest BCUT2D eigenvalue weighted by molar-refractivity contribution is 7.09. The maximum Gasteiger partial charge on any atom is 0.255 e. The fraction of sp³-hybridized carbons (Fsp3) is 0.278. The third-order valence-corrected chi connectivity index (χ3v) is 5.04. The van der Waals surface area contributed by atoms with E-state index >= 15 is 0 Å². The molecule has 0 unspecified atom stereocenters. The Balaban J connectivity index is 1.87. The van der Waals surface area contributed by atoms with E-state index < -0.39 is 0 Å². The van der Waals surface area contributed by atoms with Gasteiger partial charge in [0.1, 0.15) is 0 Å². The quantitative estimate of drug-likeness (QED) is 0.761. The van der Waals surface area contributed by atoms with Gasteiger partial charge in [-0.25, -0.2) is 4.98 Å². The molecule has 1 atom stereocenters. The molecule has 0 aliphatic rings. The Morgan fingerprint density at radius 3 is 2.58 bits per heavy atom. The summed E-state index contributed by atoms with van der Waals surface area (Å²) in [7, 11) is 0. The van der Waals surface area contributed by atoms with Crippen LogP contribution < -0.4 is 10.9 Å². The van der Waals surface area contributed by atoms with Gasteiger partial charge in [0, 0.05) is 28.3 Å². The Morgan fingerprint density at radius 2 is 1.92 bits per heavy atom. The molecular weight excluding hydrogens is 322 g/mol. The van der Waals surface area contributed by atoms with E-state index in [1.165, 1.54) is 6.20 Å². The molecule has 3 rings (SSSR count). The van der Waals surface area contributed by atoms with Crippen LogP contribution in [0.15, 0.2) is 40.6 Å². The molecule has 0 saturated heterocycles. The summed E-state index contributed by atoms with van der Waals surface area (Å²) in [5.74, 6) is 0.142. The molecule has 1 amide bonds. The van der Waals surface area contributed by atoms with E-state index in [2.05, 4.69) is 29.1 Å². The molecule has 6 heteroatoms. The standard InChI is InChI=1S/C18H19N3O2S/c1-10(2)18-21-15(9-24-18)11(3)20-17(23)14-8-19-16(22)13-7-5-4-6-12(13)14/h4-11H,1-3H3,(H,19,22)(H,20,23)/t11-/m0/s1. The number of hydrogen-bond acceptors (Lipinski definition) is 4. The molecule has 5 nitrogen and oxygen atoms in total. The summed E-state index contributed by atoms with van der Waals surface area (Å²) in [5, 5.41) is 7.15. The molecule has 24 heavy (non-hydrogen) atoms. The summed E-state index contributed by atoms with van der Waals surface area (Å²) in [6, 6.07) is 6.89. The number of H-pyrrole nitrogens is 1. The number of carbonyl (C=O) groups excluding carboxylic acids is 1. The Hall–Kier alpha value is -2.47. The number of nitrogens with one attached hydrogen (secondary N) is 2. The van der Waals surface area contributed by atoms with Crippen molar-refractivity contribution in [1.29, 1.82) is 0 Å². The second kappa shape index (κ2) is 6.57. The van der Waals surface area contributed by atoms with Gasteiger partial charge in [0.15, 0.2) is 0 Å². The minimum absolute atomic E-state index is 0.198. The topological polar surface area (TPSA) is 74.8 Å². The minimum Gasteiger partial charge on any atom is -0.344 e.